The van der Waals surface area contributed by atoms with Gasteiger partial charge in [0.2, 0.25) is 0 Å². The highest BCUT2D eigenvalue weighted by atomic mass is 16.4. The van der Waals surface area contributed by atoms with Crippen LogP contribution >= 0.6 is 0 Å². The van der Waals surface area contributed by atoms with Gasteiger partial charge in [-0.15, -0.1) is 0 Å². The van der Waals surface area contributed by atoms with Crippen molar-refractivity contribution in [2.45, 2.75) is 33.1 Å². The Kier molecular flexibility index (Phi) is 3.22. The van der Waals surface area contributed by atoms with Gasteiger partial charge in [-0.3, -0.25) is 0 Å². The van der Waals surface area contributed by atoms with Crippen molar-refractivity contribution in [2.24, 2.45) is 5.41 Å². The van der Waals surface area contributed by atoms with Gasteiger partial charge in [0.15, 0.2) is 0 Å². The van der Waals surface area contributed by atoms with Crippen LogP contribution in [0.5, 0.6) is 0 Å². The Balaban J connectivity index is 2.39. The first kappa shape index (κ1) is 13.4. The van der Waals surface area contributed by atoms with Gasteiger partial charge in [-0.2, -0.15) is 0 Å². The van der Waals surface area contributed by atoms with Crippen LogP contribution in [-0.4, -0.2) is 22.2 Å². The third-order valence-electron chi connectivity index (χ3n) is 3.82. The molecule has 0 radical (unpaired) electrons. The van der Waals surface area contributed by atoms with Crippen molar-refractivity contribution >= 4 is 11.9 Å². The van der Waals surface area contributed by atoms with Crippen LogP contribution in [0, 0.1) is 12.3 Å². The maximum atomic E-state index is 11.3. The monoisotopic (exact) mass is 264 g/mol. The van der Waals surface area contributed by atoms with Crippen LogP contribution < -0.4 is 0 Å². The molecule has 0 saturated carbocycles. The Morgan fingerprint density at radius 3 is 2.68 bits per heavy atom. The second-order valence-corrected chi connectivity index (χ2v) is 5.26. The van der Waals surface area contributed by atoms with E-state index >= 15 is 0 Å². The Morgan fingerprint density at radius 1 is 1.42 bits per heavy atom. The fourth-order valence-corrected chi connectivity index (χ4v) is 2.70. The Morgan fingerprint density at radius 2 is 2.11 bits per heavy atom. The lowest BCUT2D eigenvalue weighted by Gasteiger charge is -2.33. The molecular formula is C14H16O5. The van der Waals surface area contributed by atoms with Gasteiger partial charge in [0.25, 0.3) is 0 Å². The van der Waals surface area contributed by atoms with Gasteiger partial charge in [0, 0.05) is 17.9 Å². The van der Waals surface area contributed by atoms with Crippen molar-refractivity contribution in [3.05, 3.63) is 34.8 Å². The minimum atomic E-state index is -1.24. The van der Waals surface area contributed by atoms with Gasteiger partial charge < -0.3 is 14.6 Å². The summed E-state index contributed by atoms with van der Waals surface area (Å²) in [6.07, 6.45) is 4.19. The molecule has 1 aliphatic carbocycles. The maximum absolute atomic E-state index is 11.3. The van der Waals surface area contributed by atoms with Gasteiger partial charge >= 0.3 is 11.9 Å². The molecule has 0 aromatic carbocycles. The number of hydrogen-bond donors (Lipinski definition) is 2. The third kappa shape index (κ3) is 2.41. The lowest BCUT2D eigenvalue weighted by Crippen LogP contribution is -2.31. The fourth-order valence-electron chi connectivity index (χ4n) is 2.70. The molecule has 2 rings (SSSR count). The number of hydrogen-bond acceptors (Lipinski definition) is 3. The molecule has 19 heavy (non-hydrogen) atoms. The van der Waals surface area contributed by atoms with Crippen molar-refractivity contribution < 1.29 is 24.2 Å². The van der Waals surface area contributed by atoms with Crippen molar-refractivity contribution in [3.63, 3.8) is 0 Å². The molecule has 0 amide bonds. The second kappa shape index (κ2) is 4.57. The summed E-state index contributed by atoms with van der Waals surface area (Å²) >= 11 is 0. The average Bonchev–Trinajstić information content (AvgIpc) is 2.66. The molecule has 0 aliphatic heterocycles. The zero-order valence-corrected chi connectivity index (χ0v) is 10.9. The zero-order valence-electron chi connectivity index (χ0n) is 10.9. The number of carbonyl (C=O) groups is 2. The van der Waals surface area contributed by atoms with Gasteiger partial charge in [-0.25, -0.2) is 9.59 Å². The Labute approximate surface area is 110 Å². The lowest BCUT2D eigenvalue weighted by atomic mass is 9.70. The molecular weight excluding hydrogens is 248 g/mol. The van der Waals surface area contributed by atoms with E-state index in [1.807, 2.05) is 6.92 Å². The first-order chi connectivity index (χ1) is 8.83. The smallest absolute Gasteiger partial charge is 0.332 e. The number of aryl methyl sites for hydroxylation is 1. The van der Waals surface area contributed by atoms with Gasteiger partial charge in [0.1, 0.15) is 5.76 Å². The topological polar surface area (TPSA) is 87.7 Å². The first-order valence-corrected chi connectivity index (χ1v) is 6.08. The minimum absolute atomic E-state index is 0.0697. The zero-order chi connectivity index (χ0) is 14.2. The summed E-state index contributed by atoms with van der Waals surface area (Å²) in [4.78, 5) is 22.1. The van der Waals surface area contributed by atoms with Gasteiger partial charge in [0.05, 0.1) is 11.8 Å². The van der Waals surface area contributed by atoms with Crippen molar-refractivity contribution in [2.75, 3.05) is 0 Å². The number of aliphatic carboxylic acids is 2. The molecule has 0 bridgehead atoms. The van der Waals surface area contributed by atoms with E-state index < -0.39 is 17.4 Å². The summed E-state index contributed by atoms with van der Waals surface area (Å²) < 4.78 is 5.45. The summed E-state index contributed by atoms with van der Waals surface area (Å²) in [5.41, 5.74) is 1.41. The highest BCUT2D eigenvalue weighted by molar-refractivity contribution is 5.95. The van der Waals surface area contributed by atoms with Crippen LogP contribution in [0.15, 0.2) is 22.3 Å². The van der Waals surface area contributed by atoms with Crippen molar-refractivity contribution in [1.29, 1.82) is 0 Å². The first-order valence-electron chi connectivity index (χ1n) is 6.08. The predicted molar refractivity (Wildman–Crippen MR) is 66.9 cm³/mol. The average molecular weight is 264 g/mol. The summed E-state index contributed by atoms with van der Waals surface area (Å²) in [7, 11) is 0. The molecule has 0 spiro atoms. The van der Waals surface area contributed by atoms with Crippen LogP contribution in [0.4, 0.5) is 0 Å². The quantitative estimate of drug-likeness (QED) is 0.817. The summed E-state index contributed by atoms with van der Waals surface area (Å²) in [6.45, 7) is 3.73. The van der Waals surface area contributed by atoms with E-state index in [1.165, 1.54) is 0 Å². The van der Waals surface area contributed by atoms with E-state index in [4.69, 9.17) is 9.52 Å². The predicted octanol–water partition coefficient (Wildman–Crippen LogP) is 2.18. The van der Waals surface area contributed by atoms with E-state index in [0.29, 0.717) is 19.3 Å². The molecule has 2 N–H and O–H groups in total. The van der Waals surface area contributed by atoms with Gasteiger partial charge in [-0.1, -0.05) is 6.92 Å². The fraction of sp³-hybridized carbons (Fsp3) is 0.429. The SMILES string of the molecule is Cc1coc2c1CC[C@](C)(/C(=C/C(=O)O)C(=O)O)C2. The van der Waals surface area contributed by atoms with Crippen LogP contribution in [0.2, 0.25) is 0 Å². The lowest BCUT2D eigenvalue weighted by molar-refractivity contribution is -0.136. The molecule has 102 valence electrons. The Bertz CT molecular complexity index is 566. The number of furan rings is 1. The van der Waals surface area contributed by atoms with E-state index in [9.17, 15) is 14.7 Å². The van der Waals surface area contributed by atoms with Crippen molar-refractivity contribution in [3.8, 4) is 0 Å². The molecule has 1 heterocycles. The highest BCUT2D eigenvalue weighted by Crippen LogP contribution is 2.42. The molecule has 5 heteroatoms. The van der Waals surface area contributed by atoms with Crippen molar-refractivity contribution in [1.82, 2.24) is 0 Å². The third-order valence-corrected chi connectivity index (χ3v) is 3.82. The summed E-state index contributed by atoms with van der Waals surface area (Å²) in [5.74, 6) is -1.65. The van der Waals surface area contributed by atoms with Crippen LogP contribution in [0.25, 0.3) is 0 Å². The van der Waals surface area contributed by atoms with E-state index in [0.717, 1.165) is 23.0 Å². The molecule has 0 saturated heterocycles. The molecule has 0 unspecified atom stereocenters. The standard InChI is InChI=1S/C14H16O5/c1-8-7-19-11-6-14(2,4-3-9(8)11)10(13(17)18)5-12(15)16/h5,7H,3-4,6H2,1-2H3,(H,15,16)(H,17,18)/b10-5+/t14-/m0/s1. The molecule has 1 atom stereocenters. The Hall–Kier alpha value is -2.04. The van der Waals surface area contributed by atoms with Gasteiger partial charge in [-0.05, 0) is 30.9 Å². The molecule has 1 aromatic heterocycles. The largest absolute Gasteiger partial charge is 0.478 e. The second-order valence-electron chi connectivity index (χ2n) is 5.26. The van der Waals surface area contributed by atoms with E-state index in [-0.39, 0.29) is 5.57 Å². The molecule has 0 fully saturated rings. The highest BCUT2D eigenvalue weighted by Gasteiger charge is 2.39. The number of carboxylic acid groups (broad SMARTS) is 2. The van der Waals surface area contributed by atoms with E-state index in [1.54, 1.807) is 13.2 Å². The van der Waals surface area contributed by atoms with E-state index in [2.05, 4.69) is 0 Å². The minimum Gasteiger partial charge on any atom is -0.478 e. The van der Waals surface area contributed by atoms with Crippen LogP contribution in [0.3, 0.4) is 0 Å². The number of rotatable bonds is 3. The maximum Gasteiger partial charge on any atom is 0.332 e. The summed E-state index contributed by atoms with van der Waals surface area (Å²) in [6, 6.07) is 0. The molecule has 1 aromatic rings. The van der Waals surface area contributed by atoms with Crippen LogP contribution in [-0.2, 0) is 22.4 Å². The number of fused-ring (bicyclic) bond motifs is 1. The normalized spacial score (nSPS) is 22.9. The molecule has 1 aliphatic rings. The molecule has 5 nitrogen and oxygen atoms in total. The summed E-state index contributed by atoms with van der Waals surface area (Å²) in [5, 5.41) is 18.0. The number of carboxylic acids is 2. The van der Waals surface area contributed by atoms with Crippen LogP contribution in [0.1, 0.15) is 30.2 Å².